The van der Waals surface area contributed by atoms with Gasteiger partial charge < -0.3 is 8.98 Å². The van der Waals surface area contributed by atoms with E-state index in [2.05, 4.69) is 199 Å². The number of hydrogen-bond donors (Lipinski definition) is 0. The summed E-state index contributed by atoms with van der Waals surface area (Å²) in [7, 11) is 0. The Hall–Kier alpha value is -8.41. The molecular weight excluding hydrogens is 757 g/mol. The summed E-state index contributed by atoms with van der Waals surface area (Å²) < 4.78 is 8.97. The van der Waals surface area contributed by atoms with Crippen LogP contribution >= 0.6 is 0 Å². The lowest BCUT2D eigenvalue weighted by Crippen LogP contribution is -2.00. The second-order valence-electron chi connectivity index (χ2n) is 15.6. The van der Waals surface area contributed by atoms with Crippen LogP contribution < -0.4 is 0 Å². The van der Waals surface area contributed by atoms with Gasteiger partial charge in [0.2, 0.25) is 0 Å². The van der Waals surface area contributed by atoms with Crippen LogP contribution in [-0.4, -0.2) is 19.5 Å². The van der Waals surface area contributed by atoms with Crippen LogP contribution in [-0.2, 0) is 0 Å². The number of furan rings is 1. The highest BCUT2D eigenvalue weighted by atomic mass is 16.3. The van der Waals surface area contributed by atoms with Crippen LogP contribution in [0.4, 0.5) is 0 Å². The van der Waals surface area contributed by atoms with Crippen molar-refractivity contribution in [2.75, 3.05) is 0 Å². The quantitative estimate of drug-likeness (QED) is 0.161. The minimum Gasteiger partial charge on any atom is -0.456 e. The molecule has 0 N–H and O–H groups in total. The average Bonchev–Trinajstić information content (AvgIpc) is 3.88. The molecule has 0 atom stereocenters. The highest BCUT2D eigenvalue weighted by molar-refractivity contribution is 6.17. The van der Waals surface area contributed by atoms with E-state index < -0.39 is 0 Å². The van der Waals surface area contributed by atoms with Gasteiger partial charge in [-0.25, -0.2) is 15.0 Å². The van der Waals surface area contributed by atoms with E-state index in [0.29, 0.717) is 17.5 Å². The Kier molecular flexibility index (Phi) is 8.42. The molecule has 0 saturated carbocycles. The zero-order chi connectivity index (χ0) is 41.0. The lowest BCUT2D eigenvalue weighted by molar-refractivity contribution is 0.669. The standard InChI is InChI=1S/C57H36N4O/c1-4-12-37(13-5-1)40-20-24-43(25-21-40)55-58-56(44-26-22-41(23-27-44)38-14-6-2-7-15-38)60-57(59-55)45-30-33-53-49(34-45)50-35-48-47-18-10-11-19-51(47)61(52(48)36-54(50)62-53)46-31-28-42(29-32-46)39-16-8-3-9-17-39/h1-36H. The van der Waals surface area contributed by atoms with Gasteiger partial charge in [-0.3, -0.25) is 0 Å². The Morgan fingerprint density at radius 3 is 1.24 bits per heavy atom. The monoisotopic (exact) mass is 792 g/mol. The Bertz CT molecular complexity index is 3480. The molecule has 62 heavy (non-hydrogen) atoms. The maximum Gasteiger partial charge on any atom is 0.164 e. The molecule has 0 spiro atoms. The van der Waals surface area contributed by atoms with Gasteiger partial charge in [-0.05, 0) is 75.8 Å². The normalized spacial score (nSPS) is 11.5. The molecule has 12 rings (SSSR count). The first-order valence-corrected chi connectivity index (χ1v) is 20.8. The lowest BCUT2D eigenvalue weighted by atomic mass is 10.0. The zero-order valence-corrected chi connectivity index (χ0v) is 33.5. The van der Waals surface area contributed by atoms with Crippen LogP contribution in [0.5, 0.6) is 0 Å². The van der Waals surface area contributed by atoms with Gasteiger partial charge in [-0.1, -0.05) is 170 Å². The zero-order valence-electron chi connectivity index (χ0n) is 33.5. The van der Waals surface area contributed by atoms with E-state index in [1.165, 1.54) is 16.5 Å². The number of nitrogens with zero attached hydrogens (tertiary/aromatic N) is 4. The highest BCUT2D eigenvalue weighted by Crippen LogP contribution is 2.40. The van der Waals surface area contributed by atoms with Crippen molar-refractivity contribution in [1.82, 2.24) is 19.5 Å². The summed E-state index contributed by atoms with van der Waals surface area (Å²) in [5, 5.41) is 4.40. The summed E-state index contributed by atoms with van der Waals surface area (Å²) in [5.74, 6) is 1.82. The molecule has 9 aromatic carbocycles. The molecule has 0 fully saturated rings. The smallest absolute Gasteiger partial charge is 0.164 e. The van der Waals surface area contributed by atoms with Crippen molar-refractivity contribution >= 4 is 43.7 Å². The number of para-hydroxylation sites is 1. The molecular formula is C57H36N4O. The predicted octanol–water partition coefficient (Wildman–Crippen LogP) is 14.9. The van der Waals surface area contributed by atoms with E-state index >= 15 is 0 Å². The number of fused-ring (bicyclic) bond motifs is 6. The molecule has 0 radical (unpaired) electrons. The van der Waals surface area contributed by atoms with E-state index in [1.807, 2.05) is 24.3 Å². The fraction of sp³-hybridized carbons (Fsp3) is 0. The van der Waals surface area contributed by atoms with Crippen LogP contribution in [0.2, 0.25) is 0 Å². The summed E-state index contributed by atoms with van der Waals surface area (Å²) in [4.78, 5) is 15.3. The summed E-state index contributed by atoms with van der Waals surface area (Å²) in [6, 6.07) is 76.3. The number of hydrogen-bond acceptors (Lipinski definition) is 4. The first-order valence-electron chi connectivity index (χ1n) is 20.8. The van der Waals surface area contributed by atoms with Crippen LogP contribution in [0.25, 0.3) is 117 Å². The van der Waals surface area contributed by atoms with Gasteiger partial charge >= 0.3 is 0 Å². The summed E-state index contributed by atoms with van der Waals surface area (Å²) in [5.41, 5.74) is 14.7. The molecule has 12 aromatic rings. The predicted molar refractivity (Wildman–Crippen MR) is 254 cm³/mol. The minimum absolute atomic E-state index is 0.595. The van der Waals surface area contributed by atoms with Crippen molar-refractivity contribution in [3.05, 3.63) is 218 Å². The molecule has 5 nitrogen and oxygen atoms in total. The van der Waals surface area contributed by atoms with Crippen molar-refractivity contribution in [2.24, 2.45) is 0 Å². The van der Waals surface area contributed by atoms with Crippen molar-refractivity contribution < 1.29 is 4.42 Å². The topological polar surface area (TPSA) is 56.7 Å². The maximum atomic E-state index is 6.63. The second kappa shape index (κ2) is 14.7. The van der Waals surface area contributed by atoms with Gasteiger partial charge in [0.15, 0.2) is 17.5 Å². The molecule has 3 aromatic heterocycles. The van der Waals surface area contributed by atoms with Crippen LogP contribution in [0.1, 0.15) is 0 Å². The maximum absolute atomic E-state index is 6.63. The first-order chi connectivity index (χ1) is 30.7. The highest BCUT2D eigenvalue weighted by Gasteiger charge is 2.19. The van der Waals surface area contributed by atoms with Crippen molar-refractivity contribution in [3.63, 3.8) is 0 Å². The van der Waals surface area contributed by atoms with Gasteiger partial charge in [0.25, 0.3) is 0 Å². The Morgan fingerprint density at radius 2 is 0.694 bits per heavy atom. The van der Waals surface area contributed by atoms with E-state index in [1.54, 1.807) is 0 Å². The third-order valence-corrected chi connectivity index (χ3v) is 11.9. The minimum atomic E-state index is 0.595. The molecule has 0 saturated heterocycles. The number of rotatable bonds is 7. The van der Waals surface area contributed by atoms with E-state index in [9.17, 15) is 0 Å². The Morgan fingerprint density at radius 1 is 0.274 bits per heavy atom. The Balaban J connectivity index is 0.981. The van der Waals surface area contributed by atoms with E-state index in [4.69, 9.17) is 19.4 Å². The van der Waals surface area contributed by atoms with Gasteiger partial charge in [0.1, 0.15) is 11.2 Å². The summed E-state index contributed by atoms with van der Waals surface area (Å²) in [6.45, 7) is 0. The second-order valence-corrected chi connectivity index (χ2v) is 15.6. The third kappa shape index (κ3) is 6.23. The number of benzene rings is 9. The molecule has 0 amide bonds. The van der Waals surface area contributed by atoms with Gasteiger partial charge in [-0.15, -0.1) is 0 Å². The third-order valence-electron chi connectivity index (χ3n) is 11.9. The summed E-state index contributed by atoms with van der Waals surface area (Å²) in [6.07, 6.45) is 0. The van der Waals surface area contributed by atoms with Crippen molar-refractivity contribution in [2.45, 2.75) is 0 Å². The number of aromatic nitrogens is 4. The molecule has 0 unspecified atom stereocenters. The molecule has 0 aliphatic heterocycles. The van der Waals surface area contributed by atoms with Crippen molar-refractivity contribution in [3.8, 4) is 73.2 Å². The van der Waals surface area contributed by atoms with Crippen LogP contribution in [0, 0.1) is 0 Å². The van der Waals surface area contributed by atoms with Crippen LogP contribution in [0.3, 0.4) is 0 Å². The van der Waals surface area contributed by atoms with E-state index in [-0.39, 0.29) is 0 Å². The summed E-state index contributed by atoms with van der Waals surface area (Å²) >= 11 is 0. The lowest BCUT2D eigenvalue weighted by Gasteiger charge is -2.10. The molecule has 290 valence electrons. The fourth-order valence-electron chi connectivity index (χ4n) is 8.74. The Labute approximate surface area is 357 Å². The molecule has 0 aliphatic carbocycles. The van der Waals surface area contributed by atoms with E-state index in [0.717, 1.165) is 83.0 Å². The van der Waals surface area contributed by atoms with Crippen molar-refractivity contribution in [1.29, 1.82) is 0 Å². The van der Waals surface area contributed by atoms with Gasteiger partial charge in [-0.2, -0.15) is 0 Å². The largest absolute Gasteiger partial charge is 0.456 e. The molecule has 0 bridgehead atoms. The fourth-order valence-corrected chi connectivity index (χ4v) is 8.74. The van der Waals surface area contributed by atoms with Crippen LogP contribution in [0.15, 0.2) is 223 Å². The molecule has 3 heterocycles. The molecule has 5 heteroatoms. The van der Waals surface area contributed by atoms with Gasteiger partial charge in [0.05, 0.1) is 11.0 Å². The SMILES string of the molecule is c1ccc(-c2ccc(-c3nc(-c4ccc(-c5ccccc5)cc4)nc(-c4ccc5oc6cc7c(cc6c5c4)c4ccccc4n7-c4ccc(-c5ccccc5)cc4)n3)cc2)cc1. The average molecular weight is 793 g/mol. The van der Waals surface area contributed by atoms with Gasteiger partial charge in [0, 0.05) is 50.0 Å². The first kappa shape index (κ1) is 35.5. The molecule has 0 aliphatic rings.